The first-order chi connectivity index (χ1) is 14.0. The van der Waals surface area contributed by atoms with Crippen LogP contribution in [-0.2, 0) is 4.74 Å². The van der Waals surface area contributed by atoms with E-state index in [1.54, 1.807) is 48.5 Å². The average Bonchev–Trinajstić information content (AvgIpc) is 2.74. The van der Waals surface area contributed by atoms with Crippen molar-refractivity contribution in [3.8, 4) is 0 Å². The Kier molecular flexibility index (Phi) is 5.94. The number of methoxy groups -OCH3 is 1. The molecule has 2 aromatic carbocycles. The molecule has 3 rings (SSSR count). The number of hydrogen-bond donors (Lipinski definition) is 2. The van der Waals surface area contributed by atoms with E-state index in [0.29, 0.717) is 16.9 Å². The van der Waals surface area contributed by atoms with E-state index in [1.807, 2.05) is 0 Å². The number of benzene rings is 2. The van der Waals surface area contributed by atoms with Gasteiger partial charge < -0.3 is 15.4 Å². The van der Waals surface area contributed by atoms with Crippen molar-refractivity contribution < 1.29 is 19.1 Å². The van der Waals surface area contributed by atoms with Gasteiger partial charge in [-0.3, -0.25) is 9.59 Å². The minimum Gasteiger partial charge on any atom is -0.465 e. The second-order valence-electron chi connectivity index (χ2n) is 6.05. The van der Waals surface area contributed by atoms with Gasteiger partial charge in [0.05, 0.1) is 23.9 Å². The van der Waals surface area contributed by atoms with Gasteiger partial charge in [0.2, 0.25) is 5.95 Å². The van der Waals surface area contributed by atoms with Crippen LogP contribution in [0.3, 0.4) is 0 Å². The Balaban J connectivity index is 1.72. The number of amides is 1. The maximum Gasteiger partial charge on any atom is 0.339 e. The van der Waals surface area contributed by atoms with E-state index in [2.05, 4.69) is 20.6 Å². The summed E-state index contributed by atoms with van der Waals surface area (Å²) < 4.78 is 4.72. The van der Waals surface area contributed by atoms with E-state index < -0.39 is 11.9 Å². The molecule has 0 saturated carbocycles. The number of para-hydroxylation sites is 1. The zero-order valence-electron chi connectivity index (χ0n) is 15.8. The van der Waals surface area contributed by atoms with Crippen LogP contribution in [0.2, 0.25) is 0 Å². The predicted octanol–water partition coefficient (Wildman–Crippen LogP) is 3.46. The van der Waals surface area contributed by atoms with Gasteiger partial charge in [-0.05, 0) is 31.2 Å². The minimum absolute atomic E-state index is 0.0474. The second-order valence-corrected chi connectivity index (χ2v) is 6.05. The maximum absolute atomic E-state index is 12.5. The monoisotopic (exact) mass is 390 g/mol. The third-order valence-electron chi connectivity index (χ3n) is 4.02. The second kappa shape index (κ2) is 8.75. The van der Waals surface area contributed by atoms with Crippen LogP contribution in [-0.4, -0.2) is 34.7 Å². The van der Waals surface area contributed by atoms with E-state index in [0.717, 1.165) is 0 Å². The fourth-order valence-electron chi connectivity index (χ4n) is 2.53. The highest BCUT2D eigenvalue weighted by atomic mass is 16.5. The number of aromatic nitrogens is 2. The summed E-state index contributed by atoms with van der Waals surface area (Å²) in [5.74, 6) is -0.790. The first-order valence-corrected chi connectivity index (χ1v) is 8.66. The summed E-state index contributed by atoms with van der Waals surface area (Å²) in [5.41, 5.74) is 2.00. The summed E-state index contributed by atoms with van der Waals surface area (Å²) in [7, 11) is 1.27. The molecule has 0 spiro atoms. The van der Waals surface area contributed by atoms with Crippen molar-refractivity contribution in [2.24, 2.45) is 0 Å². The smallest absolute Gasteiger partial charge is 0.339 e. The molecule has 0 fully saturated rings. The van der Waals surface area contributed by atoms with Crippen LogP contribution in [0.4, 0.5) is 17.3 Å². The van der Waals surface area contributed by atoms with Gasteiger partial charge in [-0.15, -0.1) is 0 Å². The summed E-state index contributed by atoms with van der Waals surface area (Å²) in [6, 6.07) is 13.5. The largest absolute Gasteiger partial charge is 0.465 e. The Bertz CT molecular complexity index is 1060. The molecular formula is C21H18N4O4. The highest BCUT2D eigenvalue weighted by Gasteiger charge is 2.15. The number of nitrogens with one attached hydrogen (secondary N) is 2. The molecule has 8 heteroatoms. The van der Waals surface area contributed by atoms with E-state index in [9.17, 15) is 14.4 Å². The van der Waals surface area contributed by atoms with Crippen LogP contribution in [0.1, 0.15) is 38.0 Å². The fraction of sp³-hybridized carbons (Fsp3) is 0.0952. The summed E-state index contributed by atoms with van der Waals surface area (Å²) >= 11 is 0. The molecule has 0 unspecified atom stereocenters. The Labute approximate surface area is 167 Å². The van der Waals surface area contributed by atoms with E-state index >= 15 is 0 Å². The molecule has 0 aliphatic heterocycles. The number of hydrogen-bond acceptors (Lipinski definition) is 7. The van der Waals surface area contributed by atoms with Crippen molar-refractivity contribution in [2.75, 3.05) is 17.7 Å². The van der Waals surface area contributed by atoms with Crippen molar-refractivity contribution >= 4 is 35.0 Å². The molecule has 0 atom stereocenters. The highest BCUT2D eigenvalue weighted by Crippen LogP contribution is 2.18. The molecule has 0 radical (unpaired) electrons. The van der Waals surface area contributed by atoms with Crippen LogP contribution in [0.5, 0.6) is 0 Å². The van der Waals surface area contributed by atoms with Crippen LogP contribution in [0.25, 0.3) is 0 Å². The number of ether oxygens (including phenoxy) is 1. The molecule has 1 heterocycles. The molecule has 0 aliphatic carbocycles. The van der Waals surface area contributed by atoms with E-state index in [4.69, 9.17) is 4.74 Å². The Morgan fingerprint density at radius 1 is 0.931 bits per heavy atom. The van der Waals surface area contributed by atoms with Gasteiger partial charge in [0.1, 0.15) is 0 Å². The SMILES string of the molecule is COC(=O)c1ccccc1NC(=O)c1cnc(Nc2cccc(C(C)=O)c2)nc1. The number of nitrogens with zero attached hydrogens (tertiary/aromatic N) is 2. The van der Waals surface area contributed by atoms with Crippen molar-refractivity contribution in [3.63, 3.8) is 0 Å². The maximum atomic E-state index is 12.5. The normalized spacial score (nSPS) is 10.1. The Morgan fingerprint density at radius 2 is 1.66 bits per heavy atom. The molecule has 0 bridgehead atoms. The molecule has 1 aromatic heterocycles. The molecule has 3 aromatic rings. The topological polar surface area (TPSA) is 110 Å². The number of rotatable bonds is 6. The predicted molar refractivity (Wildman–Crippen MR) is 107 cm³/mol. The summed E-state index contributed by atoms with van der Waals surface area (Å²) in [5, 5.41) is 5.63. The van der Waals surface area contributed by atoms with Crippen LogP contribution in [0, 0.1) is 0 Å². The Hall–Kier alpha value is -4.07. The molecule has 1 amide bonds. The van der Waals surface area contributed by atoms with Crippen molar-refractivity contribution in [2.45, 2.75) is 6.92 Å². The van der Waals surface area contributed by atoms with Crippen molar-refractivity contribution in [1.82, 2.24) is 9.97 Å². The quantitative estimate of drug-likeness (QED) is 0.490. The third-order valence-corrected chi connectivity index (χ3v) is 4.02. The molecule has 29 heavy (non-hydrogen) atoms. The van der Waals surface area contributed by atoms with Gasteiger partial charge in [0.15, 0.2) is 5.78 Å². The Morgan fingerprint density at radius 3 is 2.34 bits per heavy atom. The van der Waals surface area contributed by atoms with Crippen molar-refractivity contribution in [3.05, 3.63) is 77.6 Å². The highest BCUT2D eigenvalue weighted by molar-refractivity contribution is 6.07. The molecule has 146 valence electrons. The van der Waals surface area contributed by atoms with Crippen LogP contribution < -0.4 is 10.6 Å². The number of Topliss-reactive ketones (excluding diaryl/α,β-unsaturated/α-hetero) is 1. The minimum atomic E-state index is -0.551. The number of anilines is 3. The van der Waals surface area contributed by atoms with Gasteiger partial charge in [0.25, 0.3) is 5.91 Å². The van der Waals surface area contributed by atoms with Crippen LogP contribution >= 0.6 is 0 Å². The van der Waals surface area contributed by atoms with Crippen molar-refractivity contribution in [1.29, 1.82) is 0 Å². The lowest BCUT2D eigenvalue weighted by Gasteiger charge is -2.10. The number of carbonyl (C=O) groups is 3. The molecule has 0 aliphatic rings. The lowest BCUT2D eigenvalue weighted by atomic mass is 10.1. The first-order valence-electron chi connectivity index (χ1n) is 8.66. The van der Waals surface area contributed by atoms with Gasteiger partial charge in [-0.25, -0.2) is 14.8 Å². The molecule has 8 nitrogen and oxygen atoms in total. The molecule has 0 saturated heterocycles. The van der Waals surface area contributed by atoms with Gasteiger partial charge in [-0.2, -0.15) is 0 Å². The van der Waals surface area contributed by atoms with Gasteiger partial charge >= 0.3 is 5.97 Å². The average molecular weight is 390 g/mol. The van der Waals surface area contributed by atoms with Crippen LogP contribution in [0.15, 0.2) is 60.9 Å². The first kappa shape index (κ1) is 19.7. The lowest BCUT2D eigenvalue weighted by Crippen LogP contribution is -2.16. The van der Waals surface area contributed by atoms with E-state index in [1.165, 1.54) is 26.4 Å². The molecule has 2 N–H and O–H groups in total. The van der Waals surface area contributed by atoms with Gasteiger partial charge in [-0.1, -0.05) is 24.3 Å². The fourth-order valence-corrected chi connectivity index (χ4v) is 2.53. The number of ketones is 1. The number of carbonyl (C=O) groups excluding carboxylic acids is 3. The standard InChI is InChI=1S/C21H18N4O4/c1-13(26)14-6-5-7-16(10-14)24-21-22-11-15(12-23-21)19(27)25-18-9-4-3-8-17(18)20(28)29-2/h3-12H,1-2H3,(H,25,27)(H,22,23,24). The number of esters is 1. The lowest BCUT2D eigenvalue weighted by molar-refractivity contribution is 0.0601. The summed E-state index contributed by atoms with van der Waals surface area (Å²) in [4.78, 5) is 44.0. The zero-order valence-corrected chi connectivity index (χ0v) is 15.8. The molecular weight excluding hydrogens is 372 g/mol. The van der Waals surface area contributed by atoms with E-state index in [-0.39, 0.29) is 22.9 Å². The zero-order chi connectivity index (χ0) is 20.8. The third kappa shape index (κ3) is 4.81. The summed E-state index contributed by atoms with van der Waals surface area (Å²) in [6.45, 7) is 1.49. The van der Waals surface area contributed by atoms with Gasteiger partial charge in [0, 0.05) is 23.6 Å². The summed E-state index contributed by atoms with van der Waals surface area (Å²) in [6.07, 6.45) is 2.72.